The molecule has 0 amide bonds. The number of benzene rings is 2. The maximum atomic E-state index is 11.6. The molecule has 1 atom stereocenters. The van der Waals surface area contributed by atoms with E-state index in [1.165, 1.54) is 22.9 Å². The third-order valence-electron chi connectivity index (χ3n) is 2.80. The summed E-state index contributed by atoms with van der Waals surface area (Å²) in [6.07, 6.45) is 5.69. The second-order valence-electron chi connectivity index (χ2n) is 4.07. The van der Waals surface area contributed by atoms with E-state index in [0.717, 1.165) is 9.80 Å². The van der Waals surface area contributed by atoms with Crippen LogP contribution in [0.5, 0.6) is 0 Å². The maximum absolute atomic E-state index is 11.6. The molecule has 0 aliphatic heterocycles. The molecule has 0 radical (unpaired) electrons. The fraction of sp³-hybridized carbons (Fsp3) is 0.125. The van der Waals surface area contributed by atoms with Crippen molar-refractivity contribution in [2.24, 2.45) is 0 Å². The van der Waals surface area contributed by atoms with E-state index in [4.69, 9.17) is 0 Å². The summed E-state index contributed by atoms with van der Waals surface area (Å²) in [6, 6.07) is 18.4. The van der Waals surface area contributed by atoms with Gasteiger partial charge in [-0.3, -0.25) is 4.21 Å². The quantitative estimate of drug-likeness (QED) is 0.830. The highest BCUT2D eigenvalue weighted by Gasteiger charge is 2.05. The summed E-state index contributed by atoms with van der Waals surface area (Å²) in [4.78, 5) is 0. The van der Waals surface area contributed by atoms with Gasteiger partial charge in [-0.15, -0.1) is 11.8 Å². The number of hydrogen-bond donors (Lipinski definition) is 0. The van der Waals surface area contributed by atoms with Gasteiger partial charge in [0.1, 0.15) is 0 Å². The van der Waals surface area contributed by atoms with Crippen molar-refractivity contribution in [3.05, 3.63) is 64.4 Å². The molecule has 3 heteroatoms. The average molecular weight is 288 g/mol. The first-order valence-electron chi connectivity index (χ1n) is 5.96. The molecule has 0 heterocycles. The Morgan fingerprint density at radius 1 is 1.05 bits per heavy atom. The first-order valence-corrected chi connectivity index (χ1v) is 8.74. The third kappa shape index (κ3) is 3.58. The van der Waals surface area contributed by atoms with Gasteiger partial charge in [0, 0.05) is 6.26 Å². The lowest BCUT2D eigenvalue weighted by Gasteiger charge is -2.07. The van der Waals surface area contributed by atoms with E-state index in [1.54, 1.807) is 6.26 Å². The summed E-state index contributed by atoms with van der Waals surface area (Å²) in [5, 5.41) is 0. The number of hydrogen-bond acceptors (Lipinski definition) is 2. The Hall–Kier alpha value is -1.32. The molecule has 0 saturated heterocycles. The molecule has 19 heavy (non-hydrogen) atoms. The van der Waals surface area contributed by atoms with Crippen LogP contribution < -0.4 is 0 Å². The molecule has 0 spiro atoms. The first-order chi connectivity index (χ1) is 9.22. The van der Waals surface area contributed by atoms with Gasteiger partial charge >= 0.3 is 0 Å². The highest BCUT2D eigenvalue weighted by molar-refractivity contribution is 8.16. The molecule has 0 fully saturated rings. The van der Waals surface area contributed by atoms with Crippen molar-refractivity contribution in [1.29, 1.82) is 0 Å². The van der Waals surface area contributed by atoms with Gasteiger partial charge in [-0.05, 0) is 29.0 Å². The Labute approximate surface area is 121 Å². The summed E-state index contributed by atoms with van der Waals surface area (Å²) in [5.41, 5.74) is 3.45. The highest BCUT2D eigenvalue weighted by atomic mass is 32.2. The smallest absolute Gasteiger partial charge is 0.0716 e. The number of thioether (sulfide) groups is 1. The predicted molar refractivity (Wildman–Crippen MR) is 87.4 cm³/mol. The molecule has 0 aliphatic carbocycles. The fourth-order valence-electron chi connectivity index (χ4n) is 1.89. The van der Waals surface area contributed by atoms with Gasteiger partial charge in [-0.2, -0.15) is 0 Å². The van der Waals surface area contributed by atoms with Gasteiger partial charge < -0.3 is 0 Å². The van der Waals surface area contributed by atoms with E-state index in [1.807, 2.05) is 42.7 Å². The zero-order valence-corrected chi connectivity index (χ0v) is 12.6. The van der Waals surface area contributed by atoms with Crippen molar-refractivity contribution in [3.63, 3.8) is 0 Å². The van der Waals surface area contributed by atoms with E-state index in [0.29, 0.717) is 0 Å². The van der Waals surface area contributed by atoms with Crippen LogP contribution in [0.3, 0.4) is 0 Å². The van der Waals surface area contributed by atoms with E-state index in [2.05, 4.69) is 24.3 Å². The minimum atomic E-state index is -0.944. The van der Waals surface area contributed by atoms with Gasteiger partial charge in [-0.25, -0.2) is 0 Å². The van der Waals surface area contributed by atoms with Crippen molar-refractivity contribution >= 4 is 28.6 Å². The second-order valence-corrected chi connectivity index (χ2v) is 6.53. The lowest BCUT2D eigenvalue weighted by atomic mass is 10.00. The van der Waals surface area contributed by atoms with Crippen LogP contribution in [0, 0.1) is 0 Å². The van der Waals surface area contributed by atoms with Gasteiger partial charge in [0.25, 0.3) is 0 Å². The minimum Gasteiger partial charge on any atom is -0.254 e. The van der Waals surface area contributed by atoms with Crippen LogP contribution in [0.4, 0.5) is 0 Å². The molecular formula is C16H16OS2. The largest absolute Gasteiger partial charge is 0.254 e. The van der Waals surface area contributed by atoms with Gasteiger partial charge in [0.15, 0.2) is 0 Å². The molecular weight excluding hydrogens is 272 g/mol. The second kappa shape index (κ2) is 6.73. The zero-order valence-electron chi connectivity index (χ0n) is 11.0. The standard InChI is InChI=1S/C16H16OS2/c1-18-16(19(2)17)12-14-10-6-7-11-15(14)13-8-4-3-5-9-13/h3-12H,1-2H3/b16-12-. The Balaban J connectivity index is 2.51. The Kier molecular flexibility index (Phi) is 5.00. The van der Waals surface area contributed by atoms with Gasteiger partial charge in [0.05, 0.1) is 15.0 Å². The molecule has 98 valence electrons. The summed E-state index contributed by atoms with van der Waals surface area (Å²) in [5.74, 6) is 0. The topological polar surface area (TPSA) is 17.1 Å². The van der Waals surface area contributed by atoms with Crippen molar-refractivity contribution in [2.45, 2.75) is 0 Å². The molecule has 0 aromatic heterocycles. The number of rotatable bonds is 4. The summed E-state index contributed by atoms with van der Waals surface area (Å²) >= 11 is 1.54. The minimum absolute atomic E-state index is 0.892. The SMILES string of the molecule is CS/C(=C/c1ccccc1-c1ccccc1)S(C)=O. The normalized spacial score (nSPS) is 13.3. The Bertz CT molecular complexity index is 603. The molecule has 0 bridgehead atoms. The van der Waals surface area contributed by atoms with Crippen molar-refractivity contribution in [1.82, 2.24) is 0 Å². The zero-order chi connectivity index (χ0) is 13.7. The molecule has 1 unspecified atom stereocenters. The van der Waals surface area contributed by atoms with Gasteiger partial charge in [0.2, 0.25) is 0 Å². The fourth-order valence-corrected chi connectivity index (χ4v) is 3.37. The molecule has 2 rings (SSSR count). The van der Waals surface area contributed by atoms with E-state index < -0.39 is 10.8 Å². The molecule has 1 nitrogen and oxygen atoms in total. The van der Waals surface area contributed by atoms with Crippen LogP contribution in [0.2, 0.25) is 0 Å². The third-order valence-corrected chi connectivity index (χ3v) is 5.21. The molecule has 2 aromatic rings. The Morgan fingerprint density at radius 3 is 2.32 bits per heavy atom. The van der Waals surface area contributed by atoms with E-state index in [-0.39, 0.29) is 0 Å². The maximum Gasteiger partial charge on any atom is 0.0716 e. The highest BCUT2D eigenvalue weighted by Crippen LogP contribution is 2.27. The van der Waals surface area contributed by atoms with E-state index >= 15 is 0 Å². The van der Waals surface area contributed by atoms with Crippen LogP contribution in [0.25, 0.3) is 17.2 Å². The van der Waals surface area contributed by atoms with Gasteiger partial charge in [-0.1, -0.05) is 54.6 Å². The summed E-state index contributed by atoms with van der Waals surface area (Å²) in [6.45, 7) is 0. The summed E-state index contributed by atoms with van der Waals surface area (Å²) in [7, 11) is -0.944. The molecule has 2 aromatic carbocycles. The monoisotopic (exact) mass is 288 g/mol. The summed E-state index contributed by atoms with van der Waals surface area (Å²) < 4.78 is 12.5. The van der Waals surface area contributed by atoms with Crippen LogP contribution >= 0.6 is 11.8 Å². The molecule has 0 aliphatic rings. The van der Waals surface area contributed by atoms with E-state index in [9.17, 15) is 4.21 Å². The average Bonchev–Trinajstić information content (AvgIpc) is 2.45. The van der Waals surface area contributed by atoms with Crippen LogP contribution in [-0.2, 0) is 10.8 Å². The van der Waals surface area contributed by atoms with Crippen LogP contribution in [0.1, 0.15) is 5.56 Å². The van der Waals surface area contributed by atoms with Crippen molar-refractivity contribution in [3.8, 4) is 11.1 Å². The predicted octanol–water partition coefficient (Wildman–Crippen LogP) is 4.39. The lowest BCUT2D eigenvalue weighted by molar-refractivity contribution is 0.691. The van der Waals surface area contributed by atoms with Crippen LogP contribution in [0.15, 0.2) is 58.8 Å². The molecule has 0 N–H and O–H groups in total. The first kappa shape index (κ1) is 14.1. The lowest BCUT2D eigenvalue weighted by Crippen LogP contribution is -1.89. The Morgan fingerprint density at radius 2 is 1.68 bits per heavy atom. The molecule has 0 saturated carbocycles. The van der Waals surface area contributed by atoms with Crippen molar-refractivity contribution < 1.29 is 4.21 Å². The van der Waals surface area contributed by atoms with Crippen molar-refractivity contribution in [2.75, 3.05) is 12.5 Å². The van der Waals surface area contributed by atoms with Crippen LogP contribution in [-0.4, -0.2) is 16.7 Å².